The summed E-state index contributed by atoms with van der Waals surface area (Å²) in [4.78, 5) is 12.9. The molecular formula is C24H25NO5S. The maximum atomic E-state index is 12.9. The van der Waals surface area contributed by atoms with E-state index in [1.54, 1.807) is 0 Å². The minimum atomic E-state index is -3.79. The number of carbonyl (C=O) groups is 1. The lowest BCUT2D eigenvalue weighted by molar-refractivity contribution is -0.122. The molecule has 0 bridgehead atoms. The fourth-order valence-corrected chi connectivity index (χ4v) is 5.43. The van der Waals surface area contributed by atoms with E-state index in [1.807, 2.05) is 54.6 Å². The van der Waals surface area contributed by atoms with Crippen LogP contribution in [0.5, 0.6) is 5.75 Å². The Labute approximate surface area is 182 Å². The second kappa shape index (κ2) is 9.49. The fraction of sp³-hybridized carbons (Fsp3) is 0.292. The molecule has 1 atom stereocenters. The molecule has 31 heavy (non-hydrogen) atoms. The van der Waals surface area contributed by atoms with E-state index in [1.165, 1.54) is 22.7 Å². The highest BCUT2D eigenvalue weighted by molar-refractivity contribution is 7.89. The molecule has 4 rings (SSSR count). The Balaban J connectivity index is 1.36. The van der Waals surface area contributed by atoms with Crippen LogP contribution in [0, 0.1) is 0 Å². The van der Waals surface area contributed by atoms with Gasteiger partial charge in [-0.1, -0.05) is 42.5 Å². The molecule has 0 N–H and O–H groups in total. The van der Waals surface area contributed by atoms with Crippen LogP contribution in [0.3, 0.4) is 0 Å². The molecule has 2 heterocycles. The molecule has 3 aromatic rings. The van der Waals surface area contributed by atoms with E-state index in [2.05, 4.69) is 0 Å². The topological polar surface area (TPSA) is 76.8 Å². The number of hydrogen-bond donors (Lipinski definition) is 0. The molecule has 0 saturated carbocycles. The fourth-order valence-electron chi connectivity index (χ4n) is 3.84. The van der Waals surface area contributed by atoms with Gasteiger partial charge in [0.25, 0.3) is 10.0 Å². The number of ether oxygens (including phenoxy) is 1. The van der Waals surface area contributed by atoms with Crippen LogP contribution in [0.4, 0.5) is 0 Å². The predicted molar refractivity (Wildman–Crippen MR) is 116 cm³/mol. The van der Waals surface area contributed by atoms with Gasteiger partial charge in [0.2, 0.25) is 5.09 Å². The van der Waals surface area contributed by atoms with Gasteiger partial charge in [0.15, 0.2) is 5.78 Å². The first-order valence-electron chi connectivity index (χ1n) is 10.4. The summed E-state index contributed by atoms with van der Waals surface area (Å²) in [7, 11) is -3.79. The summed E-state index contributed by atoms with van der Waals surface area (Å²) >= 11 is 0. The van der Waals surface area contributed by atoms with Gasteiger partial charge in [-0.3, -0.25) is 4.79 Å². The number of hydrogen-bond acceptors (Lipinski definition) is 5. The normalized spacial score (nSPS) is 17.0. The Morgan fingerprint density at radius 3 is 2.61 bits per heavy atom. The van der Waals surface area contributed by atoms with Gasteiger partial charge < -0.3 is 9.15 Å². The SMILES string of the molecule is O=C(CCc1cccc(OCc2ccccc2)c1)[C@@H]1CCCN1S(=O)(=O)c1ccco1. The number of ketones is 1. The molecule has 1 aliphatic heterocycles. The third-order valence-electron chi connectivity index (χ3n) is 5.44. The van der Waals surface area contributed by atoms with Crippen LogP contribution in [0.1, 0.15) is 30.4 Å². The highest BCUT2D eigenvalue weighted by Gasteiger charge is 2.40. The van der Waals surface area contributed by atoms with Crippen LogP contribution in [0.2, 0.25) is 0 Å². The van der Waals surface area contributed by atoms with Gasteiger partial charge >= 0.3 is 0 Å². The molecule has 162 valence electrons. The molecule has 2 aromatic carbocycles. The molecule has 0 radical (unpaired) electrons. The Kier molecular flexibility index (Phi) is 6.53. The summed E-state index contributed by atoms with van der Waals surface area (Å²) in [6.45, 7) is 0.813. The van der Waals surface area contributed by atoms with Crippen molar-refractivity contribution in [1.29, 1.82) is 0 Å². The van der Waals surface area contributed by atoms with Crippen molar-refractivity contribution in [2.24, 2.45) is 0 Å². The summed E-state index contributed by atoms with van der Waals surface area (Å²) in [6.07, 6.45) is 3.34. The third kappa shape index (κ3) is 5.06. The molecule has 1 aromatic heterocycles. The molecule has 0 amide bonds. The van der Waals surface area contributed by atoms with E-state index in [0.717, 1.165) is 16.9 Å². The Bertz CT molecular complexity index is 1110. The van der Waals surface area contributed by atoms with Crippen LogP contribution in [0.15, 0.2) is 82.5 Å². The van der Waals surface area contributed by atoms with Crippen molar-refractivity contribution in [2.45, 2.75) is 43.4 Å². The molecule has 6 nitrogen and oxygen atoms in total. The minimum absolute atomic E-state index is 0.0664. The number of benzene rings is 2. The average molecular weight is 440 g/mol. The van der Waals surface area contributed by atoms with Gasteiger partial charge in [0, 0.05) is 13.0 Å². The van der Waals surface area contributed by atoms with Gasteiger partial charge in [0.05, 0.1) is 12.3 Å². The van der Waals surface area contributed by atoms with Crippen molar-refractivity contribution < 1.29 is 22.4 Å². The zero-order valence-electron chi connectivity index (χ0n) is 17.1. The van der Waals surface area contributed by atoms with Crippen molar-refractivity contribution >= 4 is 15.8 Å². The van der Waals surface area contributed by atoms with Gasteiger partial charge in [0.1, 0.15) is 12.4 Å². The smallest absolute Gasteiger partial charge is 0.277 e. The van der Waals surface area contributed by atoms with E-state index < -0.39 is 16.1 Å². The average Bonchev–Trinajstić information content (AvgIpc) is 3.50. The van der Waals surface area contributed by atoms with Crippen molar-refractivity contribution in [3.05, 3.63) is 84.1 Å². The summed E-state index contributed by atoms with van der Waals surface area (Å²) in [6, 6.07) is 19.9. The van der Waals surface area contributed by atoms with Crippen LogP contribution in [0.25, 0.3) is 0 Å². The van der Waals surface area contributed by atoms with Gasteiger partial charge in [-0.25, -0.2) is 8.42 Å². The Morgan fingerprint density at radius 2 is 1.84 bits per heavy atom. The number of sulfonamides is 1. The first-order valence-corrected chi connectivity index (χ1v) is 11.8. The number of furan rings is 1. The van der Waals surface area contributed by atoms with Crippen molar-refractivity contribution in [3.63, 3.8) is 0 Å². The largest absolute Gasteiger partial charge is 0.489 e. The molecule has 0 aliphatic carbocycles. The van der Waals surface area contributed by atoms with Gasteiger partial charge in [-0.05, 0) is 54.7 Å². The predicted octanol–water partition coefficient (Wildman–Crippen LogP) is 4.21. The van der Waals surface area contributed by atoms with Crippen LogP contribution < -0.4 is 4.74 Å². The number of rotatable bonds is 9. The quantitative estimate of drug-likeness (QED) is 0.499. The Hall–Kier alpha value is -2.90. The zero-order chi connectivity index (χ0) is 21.7. The van der Waals surface area contributed by atoms with Gasteiger partial charge in [-0.15, -0.1) is 0 Å². The molecule has 1 fully saturated rings. The monoisotopic (exact) mass is 439 g/mol. The van der Waals surface area contributed by atoms with E-state index in [-0.39, 0.29) is 17.3 Å². The molecular weight excluding hydrogens is 414 g/mol. The number of Topliss-reactive ketones (excluding diaryl/α,β-unsaturated/α-hetero) is 1. The molecule has 0 unspecified atom stereocenters. The van der Waals surface area contributed by atoms with Crippen LogP contribution in [-0.4, -0.2) is 31.1 Å². The summed E-state index contributed by atoms with van der Waals surface area (Å²) < 4.78 is 37.8. The molecule has 7 heteroatoms. The van der Waals surface area contributed by atoms with Crippen LogP contribution >= 0.6 is 0 Å². The Morgan fingerprint density at radius 1 is 1.03 bits per heavy atom. The lowest BCUT2D eigenvalue weighted by Gasteiger charge is -2.21. The van der Waals surface area contributed by atoms with Crippen molar-refractivity contribution in [1.82, 2.24) is 4.31 Å². The lowest BCUT2D eigenvalue weighted by Crippen LogP contribution is -2.40. The number of nitrogens with zero attached hydrogens (tertiary/aromatic N) is 1. The third-order valence-corrected chi connectivity index (χ3v) is 7.24. The second-order valence-corrected chi connectivity index (χ2v) is 9.42. The molecule has 1 aliphatic rings. The van der Waals surface area contributed by atoms with E-state index in [0.29, 0.717) is 32.4 Å². The zero-order valence-corrected chi connectivity index (χ0v) is 18.0. The molecule has 0 spiro atoms. The van der Waals surface area contributed by atoms with E-state index in [9.17, 15) is 13.2 Å². The second-order valence-electron chi connectivity index (χ2n) is 7.59. The maximum absolute atomic E-state index is 12.9. The first kappa shape index (κ1) is 21.3. The minimum Gasteiger partial charge on any atom is -0.489 e. The van der Waals surface area contributed by atoms with Crippen LogP contribution in [-0.2, 0) is 27.8 Å². The summed E-state index contributed by atoms with van der Waals surface area (Å²) in [5.74, 6) is 0.680. The number of aryl methyl sites for hydroxylation is 1. The number of carbonyl (C=O) groups excluding carboxylic acids is 1. The standard InChI is InChI=1S/C24H25NO5S/c26-23(22-11-5-15-25(22)31(27,28)24-12-6-16-29-24)14-13-19-9-4-10-21(17-19)30-18-20-7-2-1-3-8-20/h1-4,6-10,12,16-17,22H,5,11,13-15,18H2/t22-/m0/s1. The van der Waals surface area contributed by atoms with E-state index in [4.69, 9.17) is 9.15 Å². The highest BCUT2D eigenvalue weighted by Crippen LogP contribution is 2.28. The van der Waals surface area contributed by atoms with Crippen molar-refractivity contribution in [3.8, 4) is 5.75 Å². The summed E-state index contributed by atoms with van der Waals surface area (Å²) in [5, 5.41) is -0.115. The maximum Gasteiger partial charge on any atom is 0.277 e. The van der Waals surface area contributed by atoms with Crippen molar-refractivity contribution in [2.75, 3.05) is 6.54 Å². The van der Waals surface area contributed by atoms with Gasteiger partial charge in [-0.2, -0.15) is 4.31 Å². The summed E-state index contributed by atoms with van der Waals surface area (Å²) in [5.41, 5.74) is 2.07. The lowest BCUT2D eigenvalue weighted by atomic mass is 10.0. The highest BCUT2D eigenvalue weighted by atomic mass is 32.2. The molecule has 1 saturated heterocycles. The van der Waals surface area contributed by atoms with E-state index >= 15 is 0 Å². The first-order chi connectivity index (χ1) is 15.0.